The van der Waals surface area contributed by atoms with Crippen molar-refractivity contribution in [1.82, 2.24) is 0 Å². The van der Waals surface area contributed by atoms with Gasteiger partial charge in [0, 0.05) is 0 Å². The Labute approximate surface area is 83.3 Å². The standard InChI is InChI=1S/C9H18FOP.CH4/c1-6-4-8(10)7(2-3-12)5-9(6)11;/h6-9,11H,2-5,12H2,1H3;1H4. The second kappa shape index (κ2) is 5.93. The Bertz CT molecular complexity index is 143. The Hall–Kier alpha value is 0.320. The maximum Gasteiger partial charge on any atom is 0.103 e. The van der Waals surface area contributed by atoms with Crippen LogP contribution in [0, 0.1) is 11.8 Å². The zero-order chi connectivity index (χ0) is 9.14. The summed E-state index contributed by atoms with van der Waals surface area (Å²) in [6.07, 6.45) is 2.04. The molecule has 0 bridgehead atoms. The molecule has 0 aliphatic heterocycles. The van der Waals surface area contributed by atoms with Crippen LogP contribution in [-0.2, 0) is 0 Å². The summed E-state index contributed by atoms with van der Waals surface area (Å²) in [5, 5.41) is 9.52. The van der Waals surface area contributed by atoms with E-state index in [9.17, 15) is 9.50 Å². The van der Waals surface area contributed by atoms with Crippen LogP contribution in [0.3, 0.4) is 0 Å². The molecule has 0 amide bonds. The van der Waals surface area contributed by atoms with Gasteiger partial charge in [-0.2, -0.15) is 0 Å². The van der Waals surface area contributed by atoms with Crippen LogP contribution >= 0.6 is 9.24 Å². The highest BCUT2D eigenvalue weighted by Crippen LogP contribution is 2.33. The molecule has 80 valence electrons. The summed E-state index contributed by atoms with van der Waals surface area (Å²) in [7, 11) is 2.61. The minimum absolute atomic E-state index is 0. The molecule has 0 aromatic rings. The van der Waals surface area contributed by atoms with E-state index in [1.54, 1.807) is 0 Å². The van der Waals surface area contributed by atoms with Crippen molar-refractivity contribution in [3.8, 4) is 0 Å². The number of aliphatic hydroxyl groups is 1. The number of hydrogen-bond acceptors (Lipinski definition) is 1. The van der Waals surface area contributed by atoms with Gasteiger partial charge in [-0.1, -0.05) is 14.4 Å². The highest BCUT2D eigenvalue weighted by Gasteiger charge is 2.33. The smallest absolute Gasteiger partial charge is 0.103 e. The van der Waals surface area contributed by atoms with Gasteiger partial charge in [-0.05, 0) is 37.3 Å². The van der Waals surface area contributed by atoms with Crippen LogP contribution in [-0.4, -0.2) is 23.5 Å². The maximum atomic E-state index is 13.3. The quantitative estimate of drug-likeness (QED) is 0.692. The Morgan fingerprint density at radius 1 is 1.46 bits per heavy atom. The van der Waals surface area contributed by atoms with Crippen molar-refractivity contribution in [2.24, 2.45) is 11.8 Å². The lowest BCUT2D eigenvalue weighted by Crippen LogP contribution is -2.35. The lowest BCUT2D eigenvalue weighted by atomic mass is 9.78. The zero-order valence-corrected chi connectivity index (χ0v) is 8.70. The Morgan fingerprint density at radius 3 is 2.62 bits per heavy atom. The molecule has 1 N–H and O–H groups in total. The first-order chi connectivity index (χ1) is 5.65. The average Bonchev–Trinajstić information content (AvgIpc) is 2.01. The van der Waals surface area contributed by atoms with Gasteiger partial charge in [-0.15, -0.1) is 9.24 Å². The fourth-order valence-electron chi connectivity index (χ4n) is 1.91. The van der Waals surface area contributed by atoms with Gasteiger partial charge in [0.15, 0.2) is 0 Å². The molecule has 0 radical (unpaired) electrons. The second-order valence-electron chi connectivity index (χ2n) is 3.87. The molecule has 1 rings (SSSR count). The van der Waals surface area contributed by atoms with Crippen LogP contribution < -0.4 is 0 Å². The minimum Gasteiger partial charge on any atom is -0.393 e. The lowest BCUT2D eigenvalue weighted by Gasteiger charge is -2.33. The highest BCUT2D eigenvalue weighted by atomic mass is 31.0. The molecule has 1 saturated carbocycles. The van der Waals surface area contributed by atoms with Gasteiger partial charge in [-0.25, -0.2) is 4.39 Å². The summed E-state index contributed by atoms with van der Waals surface area (Å²) in [5.41, 5.74) is 0. The zero-order valence-electron chi connectivity index (χ0n) is 7.54. The third kappa shape index (κ3) is 3.52. The molecule has 13 heavy (non-hydrogen) atoms. The fraction of sp³-hybridized carbons (Fsp3) is 1.00. The summed E-state index contributed by atoms with van der Waals surface area (Å²) in [4.78, 5) is 0. The predicted molar refractivity (Wildman–Crippen MR) is 58.7 cm³/mol. The van der Waals surface area contributed by atoms with Crippen LogP contribution in [0.4, 0.5) is 4.39 Å². The number of halogens is 1. The highest BCUT2D eigenvalue weighted by molar-refractivity contribution is 7.16. The minimum atomic E-state index is -0.691. The summed E-state index contributed by atoms with van der Waals surface area (Å²) < 4.78 is 13.3. The molecule has 0 aromatic heterocycles. The molecule has 1 aliphatic carbocycles. The third-order valence-electron chi connectivity index (χ3n) is 2.85. The average molecular weight is 208 g/mol. The Morgan fingerprint density at radius 2 is 2.08 bits per heavy atom. The number of alkyl halides is 1. The predicted octanol–water partition coefficient (Wildman–Crippen LogP) is 2.63. The van der Waals surface area contributed by atoms with E-state index in [1.165, 1.54) is 0 Å². The first-order valence-electron chi connectivity index (χ1n) is 4.67. The van der Waals surface area contributed by atoms with Crippen LogP contribution in [0.15, 0.2) is 0 Å². The SMILES string of the molecule is C.CC1CC(F)C(CCP)CC1O. The third-order valence-corrected chi connectivity index (χ3v) is 3.18. The van der Waals surface area contributed by atoms with Crippen LogP contribution in [0.5, 0.6) is 0 Å². The van der Waals surface area contributed by atoms with E-state index in [1.807, 2.05) is 6.92 Å². The van der Waals surface area contributed by atoms with E-state index in [0.717, 1.165) is 12.6 Å². The lowest BCUT2D eigenvalue weighted by molar-refractivity contribution is 0.00818. The molecular weight excluding hydrogens is 186 g/mol. The second-order valence-corrected chi connectivity index (χ2v) is 4.45. The van der Waals surface area contributed by atoms with Gasteiger partial charge < -0.3 is 5.11 Å². The van der Waals surface area contributed by atoms with Crippen LogP contribution in [0.1, 0.15) is 33.6 Å². The van der Waals surface area contributed by atoms with Crippen molar-refractivity contribution in [1.29, 1.82) is 0 Å². The van der Waals surface area contributed by atoms with E-state index >= 15 is 0 Å². The van der Waals surface area contributed by atoms with Gasteiger partial charge in [0.1, 0.15) is 6.17 Å². The van der Waals surface area contributed by atoms with E-state index in [-0.39, 0.29) is 25.4 Å². The van der Waals surface area contributed by atoms with Gasteiger partial charge >= 0.3 is 0 Å². The Balaban J connectivity index is 0.00000144. The molecule has 3 heteroatoms. The summed E-state index contributed by atoms with van der Waals surface area (Å²) in [5.74, 6) is 0.231. The molecule has 1 aliphatic rings. The van der Waals surface area contributed by atoms with Crippen molar-refractivity contribution in [2.45, 2.75) is 45.9 Å². The molecule has 0 saturated heterocycles. The van der Waals surface area contributed by atoms with Gasteiger partial charge in [0.05, 0.1) is 6.10 Å². The molecule has 1 nitrogen and oxygen atoms in total. The van der Waals surface area contributed by atoms with E-state index in [0.29, 0.717) is 12.8 Å². The first-order valence-corrected chi connectivity index (χ1v) is 5.49. The molecule has 0 aromatic carbocycles. The van der Waals surface area contributed by atoms with Crippen LogP contribution in [0.2, 0.25) is 0 Å². The van der Waals surface area contributed by atoms with Gasteiger partial charge in [0.2, 0.25) is 0 Å². The summed E-state index contributed by atoms with van der Waals surface area (Å²) >= 11 is 0. The normalized spacial score (nSPS) is 39.7. The van der Waals surface area contributed by atoms with Crippen molar-refractivity contribution in [3.63, 3.8) is 0 Å². The van der Waals surface area contributed by atoms with Crippen LogP contribution in [0.25, 0.3) is 0 Å². The summed E-state index contributed by atoms with van der Waals surface area (Å²) in [6.45, 7) is 1.92. The number of rotatable bonds is 2. The van der Waals surface area contributed by atoms with Gasteiger partial charge in [-0.3, -0.25) is 0 Å². The van der Waals surface area contributed by atoms with Crippen molar-refractivity contribution < 1.29 is 9.50 Å². The fourth-order valence-corrected chi connectivity index (χ4v) is 2.34. The van der Waals surface area contributed by atoms with E-state index in [2.05, 4.69) is 9.24 Å². The largest absolute Gasteiger partial charge is 0.393 e. The van der Waals surface area contributed by atoms with E-state index in [4.69, 9.17) is 0 Å². The van der Waals surface area contributed by atoms with Crippen molar-refractivity contribution in [2.75, 3.05) is 6.16 Å². The number of aliphatic hydroxyl groups excluding tert-OH is 1. The molecule has 5 unspecified atom stereocenters. The number of hydrogen-bond donors (Lipinski definition) is 1. The molecule has 0 heterocycles. The van der Waals surface area contributed by atoms with Crippen molar-refractivity contribution >= 4 is 9.24 Å². The van der Waals surface area contributed by atoms with Crippen molar-refractivity contribution in [3.05, 3.63) is 0 Å². The maximum absolute atomic E-state index is 13.3. The van der Waals surface area contributed by atoms with Gasteiger partial charge in [0.25, 0.3) is 0 Å². The molecule has 5 atom stereocenters. The molecular formula is C10H22FOP. The first kappa shape index (κ1) is 13.3. The topological polar surface area (TPSA) is 20.2 Å². The van der Waals surface area contributed by atoms with E-state index < -0.39 is 6.17 Å². The Kier molecular flexibility index (Phi) is 6.07. The monoisotopic (exact) mass is 208 g/mol. The molecule has 0 spiro atoms. The molecule has 1 fully saturated rings. The summed E-state index contributed by atoms with van der Waals surface area (Å²) in [6, 6.07) is 0.